The third-order valence-corrected chi connectivity index (χ3v) is 4.75. The maximum absolute atomic E-state index is 12.6. The van der Waals surface area contributed by atoms with E-state index < -0.39 is 0 Å². The molecule has 0 saturated heterocycles. The molecule has 2 aromatic heterocycles. The number of rotatable bonds is 5. The van der Waals surface area contributed by atoms with E-state index in [0.717, 1.165) is 29.0 Å². The minimum Gasteiger partial charge on any atom is -0.349 e. The number of carbonyl (C=O) groups is 1. The second-order valence-electron chi connectivity index (χ2n) is 5.22. The second-order valence-corrected chi connectivity index (χ2v) is 6.42. The second kappa shape index (κ2) is 6.27. The van der Waals surface area contributed by atoms with Gasteiger partial charge in [-0.25, -0.2) is 0 Å². The first-order valence-electron chi connectivity index (χ1n) is 7.08. The van der Waals surface area contributed by atoms with E-state index in [9.17, 15) is 4.79 Å². The highest BCUT2D eigenvalue weighted by atomic mass is 32.1. The number of aryl methyl sites for hydroxylation is 1. The summed E-state index contributed by atoms with van der Waals surface area (Å²) in [6.07, 6.45) is 6.05. The van der Waals surface area contributed by atoms with E-state index in [1.54, 1.807) is 11.3 Å². The number of hydrogen-bond acceptors (Lipinski definition) is 2. The molecule has 0 bridgehead atoms. The van der Waals surface area contributed by atoms with E-state index in [2.05, 4.69) is 26.1 Å². The molecule has 2 rings (SSSR count). The predicted molar refractivity (Wildman–Crippen MR) is 85.0 cm³/mol. The normalized spacial score (nSPS) is 12.4. The molecule has 2 heterocycles. The molecule has 0 spiro atoms. The highest BCUT2D eigenvalue weighted by Crippen LogP contribution is 2.31. The highest BCUT2D eigenvalue weighted by molar-refractivity contribution is 7.15. The van der Waals surface area contributed by atoms with Gasteiger partial charge in [-0.1, -0.05) is 13.3 Å². The summed E-state index contributed by atoms with van der Waals surface area (Å²) in [5, 5.41) is 4.11. The molecule has 0 fully saturated rings. The molecule has 3 nitrogen and oxygen atoms in total. The Morgan fingerprint density at radius 1 is 1.35 bits per heavy atom. The van der Waals surface area contributed by atoms with Gasteiger partial charge in [-0.05, 0) is 44.9 Å². The van der Waals surface area contributed by atoms with Crippen molar-refractivity contribution in [1.82, 2.24) is 9.88 Å². The molecule has 0 aromatic carbocycles. The van der Waals surface area contributed by atoms with Crippen LogP contribution in [0, 0.1) is 13.8 Å². The van der Waals surface area contributed by atoms with Crippen molar-refractivity contribution in [3.05, 3.63) is 40.5 Å². The van der Waals surface area contributed by atoms with Gasteiger partial charge in [-0.15, -0.1) is 11.3 Å². The van der Waals surface area contributed by atoms with E-state index in [1.807, 2.05) is 36.0 Å². The fourth-order valence-corrected chi connectivity index (χ4v) is 3.45. The van der Waals surface area contributed by atoms with Crippen molar-refractivity contribution in [2.24, 2.45) is 0 Å². The van der Waals surface area contributed by atoms with Crippen LogP contribution in [0.4, 0.5) is 0 Å². The Morgan fingerprint density at radius 3 is 2.60 bits per heavy atom. The predicted octanol–water partition coefficient (Wildman–Crippen LogP) is 4.07. The van der Waals surface area contributed by atoms with Crippen molar-refractivity contribution in [2.75, 3.05) is 0 Å². The number of amides is 1. The summed E-state index contributed by atoms with van der Waals surface area (Å²) in [6.45, 7) is 8.29. The monoisotopic (exact) mass is 290 g/mol. The molecular weight excluding hydrogens is 268 g/mol. The molecular formula is C16H22N2OS. The Labute approximate surface area is 124 Å². The Balaban J connectivity index is 2.33. The lowest BCUT2D eigenvalue weighted by Gasteiger charge is -2.14. The molecule has 0 aliphatic heterocycles. The van der Waals surface area contributed by atoms with Crippen LogP contribution in [0.25, 0.3) is 5.00 Å². The fraction of sp³-hybridized carbons (Fsp3) is 0.438. The van der Waals surface area contributed by atoms with Crippen molar-refractivity contribution in [3.8, 4) is 5.00 Å². The third kappa shape index (κ3) is 2.96. The molecule has 0 radical (unpaired) electrons. The summed E-state index contributed by atoms with van der Waals surface area (Å²) in [5.74, 6) is 0.0384. The van der Waals surface area contributed by atoms with Gasteiger partial charge in [-0.2, -0.15) is 0 Å². The molecule has 0 saturated carbocycles. The van der Waals surface area contributed by atoms with Crippen LogP contribution in [0.1, 0.15) is 47.5 Å². The Morgan fingerprint density at radius 2 is 2.00 bits per heavy atom. The van der Waals surface area contributed by atoms with Gasteiger partial charge in [0.15, 0.2) is 0 Å². The zero-order valence-electron chi connectivity index (χ0n) is 12.6. The van der Waals surface area contributed by atoms with Gasteiger partial charge in [0.25, 0.3) is 5.91 Å². The molecule has 1 N–H and O–H groups in total. The van der Waals surface area contributed by atoms with Crippen LogP contribution in [0.3, 0.4) is 0 Å². The lowest BCUT2D eigenvalue weighted by molar-refractivity contribution is 0.0938. The first-order chi connectivity index (χ1) is 9.54. The van der Waals surface area contributed by atoms with E-state index in [-0.39, 0.29) is 11.9 Å². The Hall–Kier alpha value is -1.55. The van der Waals surface area contributed by atoms with E-state index >= 15 is 0 Å². The smallest absolute Gasteiger partial charge is 0.254 e. The van der Waals surface area contributed by atoms with Crippen LogP contribution in [0.15, 0.2) is 24.5 Å². The lowest BCUT2D eigenvalue weighted by atomic mass is 10.1. The van der Waals surface area contributed by atoms with Gasteiger partial charge in [0.1, 0.15) is 5.00 Å². The van der Waals surface area contributed by atoms with Crippen LogP contribution in [0.2, 0.25) is 0 Å². The van der Waals surface area contributed by atoms with Crippen molar-refractivity contribution in [2.45, 2.75) is 46.6 Å². The topological polar surface area (TPSA) is 34.0 Å². The maximum Gasteiger partial charge on any atom is 0.254 e. The van der Waals surface area contributed by atoms with Crippen molar-refractivity contribution < 1.29 is 4.79 Å². The van der Waals surface area contributed by atoms with Crippen LogP contribution in [0.5, 0.6) is 0 Å². The third-order valence-electron chi connectivity index (χ3n) is 3.53. The number of carbonyl (C=O) groups excluding carboxylic acids is 1. The SMILES string of the molecule is CCC[C@@H](C)NC(=O)c1c(-n2cccc2)sc(C)c1C. The van der Waals surface area contributed by atoms with Crippen LogP contribution in [-0.2, 0) is 0 Å². The molecule has 108 valence electrons. The van der Waals surface area contributed by atoms with E-state index in [1.165, 1.54) is 4.88 Å². The van der Waals surface area contributed by atoms with Gasteiger partial charge < -0.3 is 9.88 Å². The molecule has 4 heteroatoms. The van der Waals surface area contributed by atoms with Crippen LogP contribution in [-0.4, -0.2) is 16.5 Å². The molecule has 0 aliphatic carbocycles. The zero-order valence-corrected chi connectivity index (χ0v) is 13.4. The van der Waals surface area contributed by atoms with Crippen molar-refractivity contribution in [1.29, 1.82) is 0 Å². The van der Waals surface area contributed by atoms with Gasteiger partial charge in [0, 0.05) is 23.3 Å². The van der Waals surface area contributed by atoms with Gasteiger partial charge in [0.2, 0.25) is 0 Å². The molecule has 1 amide bonds. The van der Waals surface area contributed by atoms with Crippen LogP contribution < -0.4 is 5.32 Å². The van der Waals surface area contributed by atoms with Gasteiger partial charge >= 0.3 is 0 Å². The van der Waals surface area contributed by atoms with Crippen LogP contribution >= 0.6 is 11.3 Å². The molecule has 0 aliphatic rings. The Kier molecular flexibility index (Phi) is 4.65. The zero-order chi connectivity index (χ0) is 14.7. The summed E-state index contributed by atoms with van der Waals surface area (Å²) >= 11 is 1.67. The number of aromatic nitrogens is 1. The maximum atomic E-state index is 12.6. The highest BCUT2D eigenvalue weighted by Gasteiger charge is 2.21. The summed E-state index contributed by atoms with van der Waals surface area (Å²) < 4.78 is 2.02. The molecule has 2 aromatic rings. The largest absolute Gasteiger partial charge is 0.349 e. The van der Waals surface area contributed by atoms with Gasteiger partial charge in [0.05, 0.1) is 5.56 Å². The average Bonchev–Trinajstić information content (AvgIpc) is 2.99. The number of nitrogens with zero attached hydrogens (tertiary/aromatic N) is 1. The number of thiophene rings is 1. The molecule has 20 heavy (non-hydrogen) atoms. The standard InChI is InChI=1S/C16H22N2OS/c1-5-8-11(2)17-15(19)14-12(3)13(4)20-16(14)18-9-6-7-10-18/h6-7,9-11H,5,8H2,1-4H3,(H,17,19)/t11-/m1/s1. The minimum atomic E-state index is 0.0384. The summed E-state index contributed by atoms with van der Waals surface area (Å²) in [6, 6.07) is 4.17. The van der Waals surface area contributed by atoms with E-state index in [4.69, 9.17) is 0 Å². The first-order valence-corrected chi connectivity index (χ1v) is 7.90. The quantitative estimate of drug-likeness (QED) is 0.884. The molecule has 1 atom stereocenters. The summed E-state index contributed by atoms with van der Waals surface area (Å²) in [5.41, 5.74) is 1.89. The van der Waals surface area contributed by atoms with Gasteiger partial charge in [-0.3, -0.25) is 4.79 Å². The average molecular weight is 290 g/mol. The van der Waals surface area contributed by atoms with E-state index in [0.29, 0.717) is 0 Å². The minimum absolute atomic E-state index is 0.0384. The summed E-state index contributed by atoms with van der Waals surface area (Å²) in [4.78, 5) is 13.8. The number of hydrogen-bond donors (Lipinski definition) is 1. The molecule has 0 unspecified atom stereocenters. The van der Waals surface area contributed by atoms with Crippen molar-refractivity contribution >= 4 is 17.2 Å². The fourth-order valence-electron chi connectivity index (χ4n) is 2.33. The lowest BCUT2D eigenvalue weighted by Crippen LogP contribution is -2.33. The first kappa shape index (κ1) is 14.9. The Bertz CT molecular complexity index is 584. The van der Waals surface area contributed by atoms with Crippen molar-refractivity contribution in [3.63, 3.8) is 0 Å². The number of nitrogens with one attached hydrogen (secondary N) is 1. The summed E-state index contributed by atoms with van der Waals surface area (Å²) in [7, 11) is 0.